The molecule has 1 heteroatoms. The first-order valence-corrected chi connectivity index (χ1v) is 5.74. The molecular formula is C13H26O. The van der Waals surface area contributed by atoms with Gasteiger partial charge < -0.3 is 4.74 Å². The lowest BCUT2D eigenvalue weighted by atomic mass is 9.77. The van der Waals surface area contributed by atoms with E-state index in [2.05, 4.69) is 48.5 Å². The molecule has 14 heavy (non-hydrogen) atoms. The van der Waals surface area contributed by atoms with Crippen LogP contribution < -0.4 is 0 Å². The summed E-state index contributed by atoms with van der Waals surface area (Å²) < 4.78 is 5.86. The first-order chi connectivity index (χ1) is 6.06. The molecule has 1 rings (SSSR count). The van der Waals surface area contributed by atoms with Gasteiger partial charge in [-0.2, -0.15) is 0 Å². The molecule has 0 N–H and O–H groups in total. The zero-order valence-corrected chi connectivity index (χ0v) is 10.9. The lowest BCUT2D eigenvalue weighted by Gasteiger charge is -2.25. The van der Waals surface area contributed by atoms with Crippen molar-refractivity contribution in [2.45, 2.75) is 73.0 Å². The summed E-state index contributed by atoms with van der Waals surface area (Å²) in [5, 5.41) is 0. The van der Waals surface area contributed by atoms with Gasteiger partial charge in [0.05, 0.1) is 11.7 Å². The van der Waals surface area contributed by atoms with Gasteiger partial charge in [0.1, 0.15) is 0 Å². The highest BCUT2D eigenvalue weighted by Crippen LogP contribution is 2.52. The maximum atomic E-state index is 5.86. The quantitative estimate of drug-likeness (QED) is 0.611. The minimum atomic E-state index is 0.123. The second kappa shape index (κ2) is 3.23. The summed E-state index contributed by atoms with van der Waals surface area (Å²) >= 11 is 0. The third kappa shape index (κ3) is 2.50. The largest absolute Gasteiger partial charge is 0.366 e. The number of rotatable bonds is 2. The molecule has 0 aromatic heterocycles. The van der Waals surface area contributed by atoms with E-state index in [1.165, 1.54) is 12.8 Å². The molecule has 0 amide bonds. The van der Waals surface area contributed by atoms with Crippen LogP contribution in [0.4, 0.5) is 0 Å². The molecule has 0 aliphatic carbocycles. The fourth-order valence-corrected chi connectivity index (χ4v) is 1.82. The predicted octanol–water partition coefficient (Wildman–Crippen LogP) is 4.02. The lowest BCUT2D eigenvalue weighted by Crippen LogP contribution is -2.29. The minimum absolute atomic E-state index is 0.123. The van der Waals surface area contributed by atoms with Gasteiger partial charge in [0.25, 0.3) is 0 Å². The summed E-state index contributed by atoms with van der Waals surface area (Å²) in [5.74, 6) is 0. The maximum absolute atomic E-state index is 5.86. The van der Waals surface area contributed by atoms with Gasteiger partial charge in [-0.25, -0.2) is 0 Å². The molecule has 0 aromatic carbocycles. The Morgan fingerprint density at radius 2 is 1.57 bits per heavy atom. The van der Waals surface area contributed by atoms with E-state index in [1.54, 1.807) is 0 Å². The highest BCUT2D eigenvalue weighted by molar-refractivity contribution is 5.06. The van der Waals surface area contributed by atoms with Crippen LogP contribution >= 0.6 is 0 Å². The second-order valence-corrected chi connectivity index (χ2v) is 7.06. The molecule has 2 unspecified atom stereocenters. The summed E-state index contributed by atoms with van der Waals surface area (Å²) in [5.41, 5.74) is 0.832. The fourth-order valence-electron chi connectivity index (χ4n) is 1.82. The zero-order valence-electron chi connectivity index (χ0n) is 10.9. The highest BCUT2D eigenvalue weighted by atomic mass is 16.6. The van der Waals surface area contributed by atoms with E-state index in [0.29, 0.717) is 11.5 Å². The summed E-state index contributed by atoms with van der Waals surface area (Å²) in [7, 11) is 0. The van der Waals surface area contributed by atoms with Crippen LogP contribution in [0, 0.1) is 10.8 Å². The molecule has 1 heterocycles. The number of ether oxygens (including phenoxy) is 1. The van der Waals surface area contributed by atoms with Crippen LogP contribution in [0.15, 0.2) is 0 Å². The van der Waals surface area contributed by atoms with Crippen LogP contribution in [0.1, 0.15) is 61.3 Å². The van der Waals surface area contributed by atoms with Gasteiger partial charge in [-0.05, 0) is 30.6 Å². The van der Waals surface area contributed by atoms with E-state index in [1.807, 2.05) is 0 Å². The van der Waals surface area contributed by atoms with Crippen LogP contribution in [0.25, 0.3) is 0 Å². The number of hydrogen-bond donors (Lipinski definition) is 0. The molecule has 1 fully saturated rings. The molecule has 0 bridgehead atoms. The van der Waals surface area contributed by atoms with Crippen molar-refractivity contribution in [2.75, 3.05) is 0 Å². The molecule has 0 radical (unpaired) electrons. The van der Waals surface area contributed by atoms with Crippen molar-refractivity contribution >= 4 is 0 Å². The Bertz CT molecular complexity index is 206. The molecule has 2 atom stereocenters. The Morgan fingerprint density at radius 1 is 1.07 bits per heavy atom. The van der Waals surface area contributed by atoms with Gasteiger partial charge in [0.15, 0.2) is 0 Å². The predicted molar refractivity (Wildman–Crippen MR) is 61.4 cm³/mol. The first kappa shape index (κ1) is 12.0. The molecule has 1 aliphatic heterocycles. The van der Waals surface area contributed by atoms with E-state index < -0.39 is 0 Å². The van der Waals surface area contributed by atoms with E-state index in [9.17, 15) is 0 Å². The van der Waals surface area contributed by atoms with Crippen molar-refractivity contribution in [3.05, 3.63) is 0 Å². The van der Waals surface area contributed by atoms with E-state index >= 15 is 0 Å². The minimum Gasteiger partial charge on any atom is -0.366 e. The van der Waals surface area contributed by atoms with Crippen LogP contribution in [-0.2, 0) is 4.74 Å². The van der Waals surface area contributed by atoms with Crippen molar-refractivity contribution in [1.29, 1.82) is 0 Å². The monoisotopic (exact) mass is 198 g/mol. The van der Waals surface area contributed by atoms with Crippen LogP contribution in [0.2, 0.25) is 0 Å². The fraction of sp³-hybridized carbons (Fsp3) is 1.00. The second-order valence-electron chi connectivity index (χ2n) is 7.06. The van der Waals surface area contributed by atoms with Gasteiger partial charge in [-0.1, -0.05) is 41.5 Å². The summed E-state index contributed by atoms with van der Waals surface area (Å²) in [6, 6.07) is 0. The van der Waals surface area contributed by atoms with Gasteiger partial charge in [-0.3, -0.25) is 0 Å². The van der Waals surface area contributed by atoms with Crippen molar-refractivity contribution in [3.8, 4) is 0 Å². The maximum Gasteiger partial charge on any atom is 0.0968 e. The van der Waals surface area contributed by atoms with Gasteiger partial charge in [-0.15, -0.1) is 0 Å². The molecule has 0 spiro atoms. The standard InChI is InChI=1S/C13H26O/c1-11(2,3)9-8-10-13(7,14-10)12(4,5)6/h10H,8-9H2,1-7H3. The average molecular weight is 198 g/mol. The average Bonchev–Trinajstić information content (AvgIpc) is 2.56. The van der Waals surface area contributed by atoms with E-state index in [4.69, 9.17) is 4.74 Å². The Hall–Kier alpha value is -0.0400. The van der Waals surface area contributed by atoms with Crippen molar-refractivity contribution in [1.82, 2.24) is 0 Å². The molecule has 0 aromatic rings. The zero-order chi connectivity index (χ0) is 11.2. The third-order valence-corrected chi connectivity index (χ3v) is 3.59. The topological polar surface area (TPSA) is 12.5 Å². The SMILES string of the molecule is CC(C)(C)CCC1OC1(C)C(C)(C)C. The summed E-state index contributed by atoms with van der Waals surface area (Å²) in [4.78, 5) is 0. The van der Waals surface area contributed by atoms with Crippen LogP contribution in [0.5, 0.6) is 0 Å². The van der Waals surface area contributed by atoms with Gasteiger partial charge in [0.2, 0.25) is 0 Å². The summed E-state index contributed by atoms with van der Waals surface area (Å²) in [6.45, 7) is 15.9. The molecule has 0 saturated carbocycles. The van der Waals surface area contributed by atoms with Crippen LogP contribution in [0.3, 0.4) is 0 Å². The van der Waals surface area contributed by atoms with E-state index in [0.717, 1.165) is 0 Å². The summed E-state index contributed by atoms with van der Waals surface area (Å²) in [6.07, 6.45) is 2.95. The first-order valence-electron chi connectivity index (χ1n) is 5.74. The lowest BCUT2D eigenvalue weighted by molar-refractivity contribution is 0.172. The van der Waals surface area contributed by atoms with Crippen LogP contribution in [-0.4, -0.2) is 11.7 Å². The Labute approximate surface area is 89.2 Å². The molecule has 1 nitrogen and oxygen atoms in total. The normalized spacial score (nSPS) is 33.2. The van der Waals surface area contributed by atoms with Gasteiger partial charge >= 0.3 is 0 Å². The van der Waals surface area contributed by atoms with Crippen molar-refractivity contribution < 1.29 is 4.74 Å². The molecule has 1 aliphatic rings. The van der Waals surface area contributed by atoms with Crippen molar-refractivity contribution in [3.63, 3.8) is 0 Å². The highest BCUT2D eigenvalue weighted by Gasteiger charge is 2.59. The smallest absolute Gasteiger partial charge is 0.0968 e. The molecule has 84 valence electrons. The third-order valence-electron chi connectivity index (χ3n) is 3.59. The van der Waals surface area contributed by atoms with Crippen molar-refractivity contribution in [2.24, 2.45) is 10.8 Å². The Morgan fingerprint density at radius 3 is 1.86 bits per heavy atom. The Kier molecular flexibility index (Phi) is 2.78. The molecule has 1 saturated heterocycles. The Balaban J connectivity index is 2.40. The van der Waals surface area contributed by atoms with Gasteiger partial charge in [0, 0.05) is 0 Å². The number of hydrogen-bond acceptors (Lipinski definition) is 1. The van der Waals surface area contributed by atoms with E-state index in [-0.39, 0.29) is 11.0 Å². The number of epoxide rings is 1. The molecular weight excluding hydrogens is 172 g/mol.